The summed E-state index contributed by atoms with van der Waals surface area (Å²) >= 11 is 5.31. The Balaban J connectivity index is 3.02. The van der Waals surface area contributed by atoms with Gasteiger partial charge in [0, 0.05) is 11.6 Å². The molecular weight excluding hydrogens is 271 g/mol. The van der Waals surface area contributed by atoms with E-state index in [4.69, 9.17) is 17.3 Å². The van der Waals surface area contributed by atoms with E-state index in [9.17, 15) is 17.6 Å². The van der Waals surface area contributed by atoms with Crippen LogP contribution in [-0.4, -0.2) is 26.0 Å². The normalized spacial score (nSPS) is 11.2. The highest BCUT2D eigenvalue weighted by Crippen LogP contribution is 2.15. The molecule has 0 saturated heterocycles. The molecule has 0 heterocycles. The van der Waals surface area contributed by atoms with Crippen molar-refractivity contribution >= 4 is 33.2 Å². The molecular formula is C9H10ClFN2O3S. The molecule has 1 aromatic carbocycles. The average Bonchev–Trinajstić information content (AvgIpc) is 2.20. The summed E-state index contributed by atoms with van der Waals surface area (Å²) in [7, 11) is -3.60. The SMILES string of the molecule is NC(=O)c1cc(NS(=O)(=O)CCCl)ccc1F. The van der Waals surface area contributed by atoms with Crippen LogP contribution in [0.1, 0.15) is 10.4 Å². The Kier molecular flexibility index (Phi) is 4.30. The standard InChI is InChI=1S/C9H10ClFN2O3S/c10-3-4-17(15,16)13-6-1-2-8(11)7(5-6)9(12)14/h1-2,5,13H,3-4H2,(H2,12,14). The van der Waals surface area contributed by atoms with Gasteiger partial charge in [0.2, 0.25) is 10.0 Å². The Morgan fingerprint density at radius 1 is 1.47 bits per heavy atom. The molecule has 5 nitrogen and oxygen atoms in total. The number of benzene rings is 1. The zero-order valence-electron chi connectivity index (χ0n) is 8.61. The van der Waals surface area contributed by atoms with Crippen LogP contribution in [0.4, 0.5) is 10.1 Å². The number of sulfonamides is 1. The molecule has 0 spiro atoms. The lowest BCUT2D eigenvalue weighted by molar-refractivity contribution is 0.0996. The molecule has 0 atom stereocenters. The Labute approximate surface area is 103 Å². The second-order valence-electron chi connectivity index (χ2n) is 3.17. The van der Waals surface area contributed by atoms with E-state index >= 15 is 0 Å². The molecule has 94 valence electrons. The lowest BCUT2D eigenvalue weighted by Crippen LogP contribution is -2.19. The molecule has 0 aliphatic heterocycles. The number of carbonyl (C=O) groups is 1. The van der Waals surface area contributed by atoms with E-state index in [0.717, 1.165) is 12.1 Å². The van der Waals surface area contributed by atoms with Crippen molar-refractivity contribution in [3.8, 4) is 0 Å². The zero-order valence-corrected chi connectivity index (χ0v) is 10.2. The number of primary amides is 1. The molecule has 0 aromatic heterocycles. The van der Waals surface area contributed by atoms with E-state index in [2.05, 4.69) is 4.72 Å². The first-order chi connectivity index (χ1) is 7.85. The second-order valence-corrected chi connectivity index (χ2v) is 5.39. The topological polar surface area (TPSA) is 89.3 Å². The Morgan fingerprint density at radius 2 is 2.12 bits per heavy atom. The van der Waals surface area contributed by atoms with Crippen LogP contribution in [0.5, 0.6) is 0 Å². The molecule has 0 fully saturated rings. The van der Waals surface area contributed by atoms with Crippen molar-refractivity contribution in [3.05, 3.63) is 29.6 Å². The number of hydrogen-bond acceptors (Lipinski definition) is 3. The molecule has 3 N–H and O–H groups in total. The molecule has 0 unspecified atom stereocenters. The molecule has 0 aliphatic rings. The van der Waals surface area contributed by atoms with E-state index in [1.165, 1.54) is 6.07 Å². The Hall–Kier alpha value is -1.34. The molecule has 8 heteroatoms. The molecule has 0 bridgehead atoms. The first-order valence-electron chi connectivity index (χ1n) is 4.51. The van der Waals surface area contributed by atoms with Crippen LogP contribution in [0.3, 0.4) is 0 Å². The summed E-state index contributed by atoms with van der Waals surface area (Å²) in [5, 5.41) is 0. The first-order valence-corrected chi connectivity index (χ1v) is 6.70. The number of halogens is 2. The second kappa shape index (κ2) is 5.33. The summed E-state index contributed by atoms with van der Waals surface area (Å²) in [5.74, 6) is -2.13. The van der Waals surface area contributed by atoms with Crippen molar-refractivity contribution in [3.63, 3.8) is 0 Å². The van der Waals surface area contributed by atoms with Crippen LogP contribution in [0, 0.1) is 5.82 Å². The minimum Gasteiger partial charge on any atom is -0.366 e. The van der Waals surface area contributed by atoms with Gasteiger partial charge in [-0.05, 0) is 18.2 Å². The molecule has 1 rings (SSSR count). The maximum Gasteiger partial charge on any atom is 0.251 e. The third-order valence-corrected chi connectivity index (χ3v) is 3.55. The van der Waals surface area contributed by atoms with Crippen LogP contribution >= 0.6 is 11.6 Å². The monoisotopic (exact) mass is 280 g/mol. The molecule has 17 heavy (non-hydrogen) atoms. The van der Waals surface area contributed by atoms with E-state index in [-0.39, 0.29) is 22.9 Å². The van der Waals surface area contributed by atoms with Gasteiger partial charge in [-0.3, -0.25) is 9.52 Å². The fourth-order valence-corrected chi connectivity index (χ4v) is 2.51. The average molecular weight is 281 g/mol. The third kappa shape index (κ3) is 3.86. The lowest BCUT2D eigenvalue weighted by Gasteiger charge is -2.07. The van der Waals surface area contributed by atoms with Crippen molar-refractivity contribution in [2.75, 3.05) is 16.4 Å². The number of anilines is 1. The van der Waals surface area contributed by atoms with Crippen molar-refractivity contribution in [2.24, 2.45) is 5.73 Å². The van der Waals surface area contributed by atoms with Crippen molar-refractivity contribution < 1.29 is 17.6 Å². The predicted octanol–water partition coefficient (Wildman–Crippen LogP) is 0.905. The van der Waals surface area contributed by atoms with Gasteiger partial charge in [-0.2, -0.15) is 0 Å². The van der Waals surface area contributed by atoms with Gasteiger partial charge < -0.3 is 5.73 Å². The van der Waals surface area contributed by atoms with Crippen LogP contribution < -0.4 is 10.5 Å². The molecule has 1 amide bonds. The number of carbonyl (C=O) groups excluding carboxylic acids is 1. The van der Waals surface area contributed by atoms with Gasteiger partial charge in [0.15, 0.2) is 0 Å². The third-order valence-electron chi connectivity index (χ3n) is 1.85. The lowest BCUT2D eigenvalue weighted by atomic mass is 10.2. The summed E-state index contributed by atoms with van der Waals surface area (Å²) < 4.78 is 38.0. The van der Waals surface area contributed by atoms with E-state index in [0.29, 0.717) is 0 Å². The number of alkyl halides is 1. The zero-order chi connectivity index (χ0) is 13.1. The summed E-state index contributed by atoms with van der Waals surface area (Å²) in [6.45, 7) is 0. The highest BCUT2D eigenvalue weighted by atomic mass is 35.5. The summed E-state index contributed by atoms with van der Waals surface area (Å²) in [6.07, 6.45) is 0. The molecule has 1 aromatic rings. The molecule has 0 radical (unpaired) electrons. The van der Waals surface area contributed by atoms with Crippen LogP contribution in [0.25, 0.3) is 0 Å². The molecule has 0 aliphatic carbocycles. The van der Waals surface area contributed by atoms with Gasteiger partial charge in [0.25, 0.3) is 5.91 Å². The van der Waals surface area contributed by atoms with Crippen LogP contribution in [0.15, 0.2) is 18.2 Å². The van der Waals surface area contributed by atoms with Gasteiger partial charge in [0.05, 0.1) is 11.3 Å². The summed E-state index contributed by atoms with van der Waals surface area (Å²) in [4.78, 5) is 10.8. The van der Waals surface area contributed by atoms with Crippen molar-refractivity contribution in [1.29, 1.82) is 0 Å². The quantitative estimate of drug-likeness (QED) is 0.786. The maximum absolute atomic E-state index is 13.1. The minimum atomic E-state index is -3.60. The fourth-order valence-electron chi connectivity index (χ4n) is 1.11. The van der Waals surface area contributed by atoms with E-state index < -0.39 is 21.7 Å². The van der Waals surface area contributed by atoms with Crippen molar-refractivity contribution in [1.82, 2.24) is 0 Å². The summed E-state index contributed by atoms with van der Waals surface area (Å²) in [5.41, 5.74) is 4.61. The predicted molar refractivity (Wildman–Crippen MR) is 63.0 cm³/mol. The minimum absolute atomic E-state index is 0.0605. The highest BCUT2D eigenvalue weighted by Gasteiger charge is 2.13. The van der Waals surface area contributed by atoms with Gasteiger partial charge in [-0.15, -0.1) is 11.6 Å². The van der Waals surface area contributed by atoms with Crippen molar-refractivity contribution in [2.45, 2.75) is 0 Å². The number of rotatable bonds is 5. The Morgan fingerprint density at radius 3 is 2.65 bits per heavy atom. The van der Waals surface area contributed by atoms with Gasteiger partial charge in [-0.25, -0.2) is 12.8 Å². The highest BCUT2D eigenvalue weighted by molar-refractivity contribution is 7.92. The molecule has 0 saturated carbocycles. The maximum atomic E-state index is 13.1. The van der Waals surface area contributed by atoms with Gasteiger partial charge in [0.1, 0.15) is 5.82 Å². The van der Waals surface area contributed by atoms with Crippen LogP contribution in [-0.2, 0) is 10.0 Å². The Bertz CT molecular complexity index is 533. The van der Waals surface area contributed by atoms with Gasteiger partial charge in [-0.1, -0.05) is 0 Å². The van der Waals surface area contributed by atoms with E-state index in [1.54, 1.807) is 0 Å². The number of nitrogens with two attached hydrogens (primary N) is 1. The number of hydrogen-bond donors (Lipinski definition) is 2. The summed E-state index contributed by atoms with van der Waals surface area (Å²) in [6, 6.07) is 3.18. The smallest absolute Gasteiger partial charge is 0.251 e. The van der Waals surface area contributed by atoms with Gasteiger partial charge >= 0.3 is 0 Å². The largest absolute Gasteiger partial charge is 0.366 e. The van der Waals surface area contributed by atoms with E-state index in [1.807, 2.05) is 0 Å². The first kappa shape index (κ1) is 13.7. The fraction of sp³-hybridized carbons (Fsp3) is 0.222. The number of amides is 1. The number of nitrogens with one attached hydrogen (secondary N) is 1. The van der Waals surface area contributed by atoms with Crippen LogP contribution in [0.2, 0.25) is 0 Å².